The van der Waals surface area contributed by atoms with Gasteiger partial charge in [-0.15, -0.1) is 13.2 Å². The molecular weight excluding hydrogens is 216 g/mol. The summed E-state index contributed by atoms with van der Waals surface area (Å²) in [6, 6.07) is 3.40. The maximum atomic E-state index is 10.9. The van der Waals surface area contributed by atoms with Crippen LogP contribution in [0.3, 0.4) is 0 Å². The first-order valence-electron chi connectivity index (χ1n) is 5.45. The van der Waals surface area contributed by atoms with Gasteiger partial charge in [-0.3, -0.25) is 9.69 Å². The summed E-state index contributed by atoms with van der Waals surface area (Å²) in [7, 11) is 0. The van der Waals surface area contributed by atoms with Crippen molar-refractivity contribution in [2.24, 2.45) is 5.73 Å². The van der Waals surface area contributed by atoms with E-state index in [2.05, 4.69) is 18.1 Å². The number of carbonyl (C=O) groups is 1. The topological polar surface area (TPSA) is 59.5 Å². The molecule has 1 aromatic rings. The predicted molar refractivity (Wildman–Crippen MR) is 67.6 cm³/mol. The van der Waals surface area contributed by atoms with Crippen LogP contribution in [0.25, 0.3) is 0 Å². The molecule has 4 heteroatoms. The Bertz CT molecular complexity index is 399. The van der Waals surface area contributed by atoms with Gasteiger partial charge in [-0.25, -0.2) is 0 Å². The molecule has 0 aromatic carbocycles. The van der Waals surface area contributed by atoms with E-state index >= 15 is 0 Å². The Morgan fingerprint density at radius 3 is 2.47 bits per heavy atom. The Kier molecular flexibility index (Phi) is 4.72. The molecule has 4 nitrogen and oxygen atoms in total. The maximum Gasteiger partial charge on any atom is 0.284 e. The summed E-state index contributed by atoms with van der Waals surface area (Å²) >= 11 is 0. The van der Waals surface area contributed by atoms with E-state index in [1.165, 1.54) is 0 Å². The molecule has 1 atom stereocenters. The summed E-state index contributed by atoms with van der Waals surface area (Å²) in [5, 5.41) is 0. The van der Waals surface area contributed by atoms with E-state index in [0.717, 1.165) is 13.1 Å². The second-order valence-corrected chi connectivity index (χ2v) is 3.77. The molecule has 1 rings (SSSR count). The van der Waals surface area contributed by atoms with E-state index in [-0.39, 0.29) is 11.8 Å². The highest BCUT2D eigenvalue weighted by Crippen LogP contribution is 2.22. The lowest BCUT2D eigenvalue weighted by atomic mass is 10.2. The van der Waals surface area contributed by atoms with Crippen molar-refractivity contribution in [3.05, 3.63) is 49.0 Å². The fourth-order valence-electron chi connectivity index (χ4n) is 1.61. The molecule has 0 bridgehead atoms. The SMILES string of the molecule is C=CCN(CC=C)C(C)c1ccc(C(N)=O)o1. The monoisotopic (exact) mass is 234 g/mol. The summed E-state index contributed by atoms with van der Waals surface area (Å²) < 4.78 is 5.40. The minimum Gasteiger partial charge on any atom is -0.454 e. The van der Waals surface area contributed by atoms with Gasteiger partial charge in [-0.2, -0.15) is 0 Å². The lowest BCUT2D eigenvalue weighted by molar-refractivity contribution is 0.0968. The first-order chi connectivity index (χ1) is 8.10. The minimum atomic E-state index is -0.553. The van der Waals surface area contributed by atoms with Crippen molar-refractivity contribution < 1.29 is 9.21 Å². The van der Waals surface area contributed by atoms with Crippen LogP contribution < -0.4 is 5.73 Å². The zero-order chi connectivity index (χ0) is 12.8. The molecule has 1 unspecified atom stereocenters. The van der Waals surface area contributed by atoms with Gasteiger partial charge in [0.1, 0.15) is 5.76 Å². The highest BCUT2D eigenvalue weighted by Gasteiger charge is 2.18. The molecule has 0 saturated carbocycles. The van der Waals surface area contributed by atoms with Crippen LogP contribution in [0.5, 0.6) is 0 Å². The number of hydrogen-bond acceptors (Lipinski definition) is 3. The van der Waals surface area contributed by atoms with Crippen molar-refractivity contribution in [3.8, 4) is 0 Å². The molecule has 0 aliphatic carbocycles. The van der Waals surface area contributed by atoms with Crippen LogP contribution in [0.2, 0.25) is 0 Å². The van der Waals surface area contributed by atoms with E-state index < -0.39 is 5.91 Å². The van der Waals surface area contributed by atoms with Crippen LogP contribution in [0.1, 0.15) is 29.3 Å². The fourth-order valence-corrected chi connectivity index (χ4v) is 1.61. The van der Waals surface area contributed by atoms with Crippen LogP contribution in [-0.2, 0) is 0 Å². The molecule has 0 aliphatic rings. The standard InChI is InChI=1S/C13H18N2O2/c1-4-8-15(9-5-2)10(3)11-6-7-12(17-11)13(14)16/h4-7,10H,1-2,8-9H2,3H3,(H2,14,16). The Morgan fingerprint density at radius 2 is 2.06 bits per heavy atom. The number of hydrogen-bond donors (Lipinski definition) is 1. The average Bonchev–Trinajstić information content (AvgIpc) is 2.77. The molecule has 1 heterocycles. The molecule has 0 radical (unpaired) electrons. The molecule has 0 aliphatic heterocycles. The summed E-state index contributed by atoms with van der Waals surface area (Å²) in [6.07, 6.45) is 3.63. The third-order valence-electron chi connectivity index (χ3n) is 2.56. The van der Waals surface area contributed by atoms with E-state index in [1.807, 2.05) is 19.1 Å². The van der Waals surface area contributed by atoms with E-state index in [9.17, 15) is 4.79 Å². The molecule has 1 amide bonds. The third-order valence-corrected chi connectivity index (χ3v) is 2.56. The first-order valence-corrected chi connectivity index (χ1v) is 5.45. The van der Waals surface area contributed by atoms with Crippen molar-refractivity contribution in [1.82, 2.24) is 4.90 Å². The van der Waals surface area contributed by atoms with Gasteiger partial charge in [0.2, 0.25) is 0 Å². The Morgan fingerprint density at radius 1 is 1.47 bits per heavy atom. The first kappa shape index (κ1) is 13.3. The van der Waals surface area contributed by atoms with Crippen molar-refractivity contribution in [1.29, 1.82) is 0 Å². The largest absolute Gasteiger partial charge is 0.454 e. The summed E-state index contributed by atoms with van der Waals surface area (Å²) in [5.41, 5.74) is 5.14. The predicted octanol–water partition coefficient (Wildman–Crippen LogP) is 2.11. The Balaban J connectivity index is 2.83. The molecule has 17 heavy (non-hydrogen) atoms. The van der Waals surface area contributed by atoms with Gasteiger partial charge in [0.05, 0.1) is 6.04 Å². The van der Waals surface area contributed by atoms with Crippen LogP contribution in [0.4, 0.5) is 0 Å². The van der Waals surface area contributed by atoms with E-state index in [1.54, 1.807) is 12.1 Å². The third kappa shape index (κ3) is 3.32. The van der Waals surface area contributed by atoms with Gasteiger partial charge < -0.3 is 10.2 Å². The Hall–Kier alpha value is -1.81. The summed E-state index contributed by atoms with van der Waals surface area (Å²) in [6.45, 7) is 10.9. The molecular formula is C13H18N2O2. The molecule has 92 valence electrons. The minimum absolute atomic E-state index is 0.0408. The normalized spacial score (nSPS) is 12.4. The molecule has 0 fully saturated rings. The smallest absolute Gasteiger partial charge is 0.284 e. The number of nitrogens with zero attached hydrogens (tertiary/aromatic N) is 1. The molecule has 0 spiro atoms. The zero-order valence-electron chi connectivity index (χ0n) is 10.1. The van der Waals surface area contributed by atoms with Crippen LogP contribution >= 0.6 is 0 Å². The highest BCUT2D eigenvalue weighted by atomic mass is 16.4. The number of carbonyl (C=O) groups excluding carboxylic acids is 1. The van der Waals surface area contributed by atoms with Crippen molar-refractivity contribution in [2.75, 3.05) is 13.1 Å². The van der Waals surface area contributed by atoms with Gasteiger partial charge in [0.25, 0.3) is 5.91 Å². The van der Waals surface area contributed by atoms with Gasteiger partial charge in [-0.1, -0.05) is 12.2 Å². The van der Waals surface area contributed by atoms with Gasteiger partial charge >= 0.3 is 0 Å². The van der Waals surface area contributed by atoms with Crippen molar-refractivity contribution in [2.45, 2.75) is 13.0 Å². The highest BCUT2D eigenvalue weighted by molar-refractivity contribution is 5.89. The lowest BCUT2D eigenvalue weighted by Crippen LogP contribution is -2.27. The maximum absolute atomic E-state index is 10.9. The molecule has 0 saturated heterocycles. The van der Waals surface area contributed by atoms with Crippen molar-refractivity contribution in [3.63, 3.8) is 0 Å². The number of rotatable bonds is 7. The van der Waals surface area contributed by atoms with Gasteiger partial charge in [0.15, 0.2) is 5.76 Å². The van der Waals surface area contributed by atoms with Crippen LogP contribution in [-0.4, -0.2) is 23.9 Å². The van der Waals surface area contributed by atoms with E-state index in [4.69, 9.17) is 10.2 Å². The number of nitrogens with two attached hydrogens (primary N) is 1. The second-order valence-electron chi connectivity index (χ2n) is 3.77. The second kappa shape index (κ2) is 6.06. The summed E-state index contributed by atoms with van der Waals surface area (Å²) in [4.78, 5) is 13.1. The van der Waals surface area contributed by atoms with Gasteiger partial charge in [0, 0.05) is 13.1 Å². The van der Waals surface area contributed by atoms with Crippen molar-refractivity contribution >= 4 is 5.91 Å². The Labute approximate surface area is 101 Å². The lowest BCUT2D eigenvalue weighted by Gasteiger charge is -2.24. The van der Waals surface area contributed by atoms with Crippen LogP contribution in [0, 0.1) is 0 Å². The molecule has 1 aromatic heterocycles. The van der Waals surface area contributed by atoms with E-state index in [0.29, 0.717) is 5.76 Å². The summed E-state index contributed by atoms with van der Waals surface area (Å²) in [5.74, 6) is 0.342. The number of furan rings is 1. The van der Waals surface area contributed by atoms with Gasteiger partial charge in [-0.05, 0) is 19.1 Å². The number of amides is 1. The fraction of sp³-hybridized carbons (Fsp3) is 0.308. The quantitative estimate of drug-likeness (QED) is 0.735. The molecule has 2 N–H and O–H groups in total. The average molecular weight is 234 g/mol. The van der Waals surface area contributed by atoms with Crippen LogP contribution in [0.15, 0.2) is 41.9 Å². The zero-order valence-corrected chi connectivity index (χ0v) is 10.1. The number of primary amides is 1.